The Labute approximate surface area is 167 Å². The van der Waals surface area contributed by atoms with Crippen LogP contribution in [0.4, 0.5) is 4.79 Å². The lowest BCUT2D eigenvalue weighted by Gasteiger charge is -2.29. The maximum absolute atomic E-state index is 12.6. The van der Waals surface area contributed by atoms with E-state index in [2.05, 4.69) is 22.5 Å². The van der Waals surface area contributed by atoms with Crippen molar-refractivity contribution in [3.63, 3.8) is 0 Å². The van der Waals surface area contributed by atoms with Gasteiger partial charge in [0.1, 0.15) is 5.54 Å². The lowest BCUT2D eigenvalue weighted by Crippen LogP contribution is -2.53. The number of hydrogen-bond donors (Lipinski definition) is 2. The Balaban J connectivity index is 1.80. The van der Waals surface area contributed by atoms with Crippen LogP contribution in [0, 0.1) is 29.1 Å². The lowest BCUT2D eigenvalue weighted by molar-refractivity contribution is -0.119. The van der Waals surface area contributed by atoms with Gasteiger partial charge in [-0.1, -0.05) is 35.0 Å². The minimum Gasteiger partial charge on any atom is -0.322 e. The van der Waals surface area contributed by atoms with Crippen molar-refractivity contribution in [2.75, 3.05) is 26.2 Å². The summed E-state index contributed by atoms with van der Waals surface area (Å²) in [6.07, 6.45) is 0.212. The van der Waals surface area contributed by atoms with Gasteiger partial charge < -0.3 is 15.5 Å². The third-order valence-electron chi connectivity index (χ3n) is 4.69. The molecule has 1 saturated heterocycles. The number of carbonyl (C=O) groups excluding carboxylic acids is 2. The summed E-state index contributed by atoms with van der Waals surface area (Å²) in [4.78, 5) is 26.5. The van der Waals surface area contributed by atoms with E-state index in [0.717, 1.165) is 13.1 Å². The van der Waals surface area contributed by atoms with Crippen molar-refractivity contribution in [3.05, 3.63) is 33.8 Å². The molecule has 1 aromatic carbocycles. The number of carbonyl (C=O) groups is 2. The standard InChI is InChI=1S/C19H18Cl2N4O2/c20-15-2-1-13(11-16(15)21)3-5-19(12-14(19)17(26)4-6-22)24-18(27)25-9-7-23-8-10-25/h1-2,11,14,23H,4,7-10,12H2,(H,24,27). The first-order valence-electron chi connectivity index (χ1n) is 8.61. The second-order valence-electron chi connectivity index (χ2n) is 6.58. The summed E-state index contributed by atoms with van der Waals surface area (Å²) >= 11 is 11.9. The average molecular weight is 405 g/mol. The molecule has 1 aliphatic heterocycles. The molecule has 0 bridgehead atoms. The fourth-order valence-electron chi connectivity index (χ4n) is 3.06. The third kappa shape index (κ3) is 4.54. The molecule has 1 aliphatic carbocycles. The van der Waals surface area contributed by atoms with Gasteiger partial charge in [0.15, 0.2) is 5.78 Å². The summed E-state index contributed by atoms with van der Waals surface area (Å²) in [7, 11) is 0. The van der Waals surface area contributed by atoms with E-state index < -0.39 is 11.5 Å². The van der Waals surface area contributed by atoms with Crippen LogP contribution < -0.4 is 10.6 Å². The topological polar surface area (TPSA) is 85.2 Å². The Hall–Kier alpha value is -2.25. The van der Waals surface area contributed by atoms with Crippen molar-refractivity contribution in [1.29, 1.82) is 5.26 Å². The molecule has 6 nitrogen and oxygen atoms in total. The molecule has 27 heavy (non-hydrogen) atoms. The molecule has 1 aromatic rings. The van der Waals surface area contributed by atoms with Gasteiger partial charge in [0.2, 0.25) is 0 Å². The summed E-state index contributed by atoms with van der Waals surface area (Å²) < 4.78 is 0. The first-order chi connectivity index (χ1) is 12.9. The van der Waals surface area contributed by atoms with Crippen molar-refractivity contribution >= 4 is 35.0 Å². The molecule has 2 N–H and O–H groups in total. The lowest BCUT2D eigenvalue weighted by atomic mass is 10.1. The number of hydrogen-bond acceptors (Lipinski definition) is 4. The summed E-state index contributed by atoms with van der Waals surface area (Å²) in [5, 5.41) is 15.7. The molecule has 0 spiro atoms. The van der Waals surface area contributed by atoms with Crippen LogP contribution in [0.15, 0.2) is 18.2 Å². The van der Waals surface area contributed by atoms with E-state index in [9.17, 15) is 9.59 Å². The molecular weight excluding hydrogens is 387 g/mol. The van der Waals surface area contributed by atoms with Gasteiger partial charge in [-0.15, -0.1) is 0 Å². The molecule has 2 unspecified atom stereocenters. The molecule has 140 valence electrons. The van der Waals surface area contributed by atoms with Gasteiger partial charge in [-0.05, 0) is 24.6 Å². The highest BCUT2D eigenvalue weighted by molar-refractivity contribution is 6.42. The van der Waals surface area contributed by atoms with E-state index in [4.69, 9.17) is 28.5 Å². The minimum absolute atomic E-state index is 0.190. The van der Waals surface area contributed by atoms with Crippen molar-refractivity contribution in [2.45, 2.75) is 18.4 Å². The van der Waals surface area contributed by atoms with Crippen molar-refractivity contribution in [3.8, 4) is 17.9 Å². The van der Waals surface area contributed by atoms with Gasteiger partial charge in [0.05, 0.1) is 28.5 Å². The van der Waals surface area contributed by atoms with Gasteiger partial charge in [-0.3, -0.25) is 4.79 Å². The SMILES string of the molecule is N#CCC(=O)C1CC1(C#Cc1ccc(Cl)c(Cl)c1)NC(=O)N1CCNCC1. The molecule has 8 heteroatoms. The summed E-state index contributed by atoms with van der Waals surface area (Å²) in [5.41, 5.74) is -0.305. The third-order valence-corrected chi connectivity index (χ3v) is 5.43. The number of nitrogens with zero attached hydrogens (tertiary/aromatic N) is 2. The first kappa shape index (κ1) is 19.5. The number of amides is 2. The molecule has 2 fully saturated rings. The van der Waals surface area contributed by atoms with Gasteiger partial charge in [-0.25, -0.2) is 4.79 Å². The number of Topliss-reactive ketones (excluding diaryl/α,β-unsaturated/α-hetero) is 1. The predicted octanol–water partition coefficient (Wildman–Crippen LogP) is 2.20. The number of nitriles is 1. The molecule has 3 rings (SSSR count). The van der Waals surface area contributed by atoms with Gasteiger partial charge in [0, 0.05) is 31.7 Å². The number of piperazine rings is 1. The van der Waals surface area contributed by atoms with Crippen LogP contribution in [0.1, 0.15) is 18.4 Å². The zero-order chi connectivity index (χ0) is 19.4. The number of benzene rings is 1. The highest BCUT2D eigenvalue weighted by Gasteiger charge is 2.58. The van der Waals surface area contributed by atoms with Crippen LogP contribution in [-0.2, 0) is 4.79 Å². The zero-order valence-electron chi connectivity index (χ0n) is 14.5. The van der Waals surface area contributed by atoms with E-state index in [-0.39, 0.29) is 18.2 Å². The second-order valence-corrected chi connectivity index (χ2v) is 7.39. The van der Waals surface area contributed by atoms with Crippen LogP contribution in [0.3, 0.4) is 0 Å². The molecule has 2 aliphatic rings. The molecule has 0 aromatic heterocycles. The maximum Gasteiger partial charge on any atom is 0.318 e. The smallest absolute Gasteiger partial charge is 0.318 e. The van der Waals surface area contributed by atoms with Crippen LogP contribution in [0.25, 0.3) is 0 Å². The summed E-state index contributed by atoms with van der Waals surface area (Å²) in [5.74, 6) is 5.33. The van der Waals surface area contributed by atoms with E-state index in [1.54, 1.807) is 23.1 Å². The fraction of sp³-hybridized carbons (Fsp3) is 0.421. The van der Waals surface area contributed by atoms with Crippen LogP contribution in [0.2, 0.25) is 10.0 Å². The fourth-order valence-corrected chi connectivity index (χ4v) is 3.35. The largest absolute Gasteiger partial charge is 0.322 e. The Morgan fingerprint density at radius 3 is 2.70 bits per heavy atom. The molecule has 1 heterocycles. The normalized spacial score (nSPS) is 23.6. The number of nitrogens with one attached hydrogen (secondary N) is 2. The molecule has 2 atom stereocenters. The quantitative estimate of drug-likeness (QED) is 0.756. The van der Waals surface area contributed by atoms with Crippen LogP contribution >= 0.6 is 23.2 Å². The summed E-state index contributed by atoms with van der Waals surface area (Å²) in [6, 6.07) is 6.63. The Kier molecular flexibility index (Phi) is 5.92. The number of ketones is 1. The molecule has 0 radical (unpaired) electrons. The van der Waals surface area contributed by atoms with E-state index in [1.165, 1.54) is 0 Å². The summed E-state index contributed by atoms with van der Waals surface area (Å²) in [6.45, 7) is 2.65. The van der Waals surface area contributed by atoms with Crippen LogP contribution in [0.5, 0.6) is 0 Å². The predicted molar refractivity (Wildman–Crippen MR) is 102 cm³/mol. The first-order valence-corrected chi connectivity index (χ1v) is 9.36. The van der Waals surface area contributed by atoms with E-state index in [1.807, 2.05) is 6.07 Å². The number of halogens is 2. The minimum atomic E-state index is -0.942. The van der Waals surface area contributed by atoms with Gasteiger partial charge in [0.25, 0.3) is 0 Å². The monoisotopic (exact) mass is 404 g/mol. The Morgan fingerprint density at radius 2 is 2.04 bits per heavy atom. The van der Waals surface area contributed by atoms with E-state index in [0.29, 0.717) is 35.1 Å². The molecular formula is C19H18Cl2N4O2. The Morgan fingerprint density at radius 1 is 1.30 bits per heavy atom. The Bertz CT molecular complexity index is 865. The van der Waals surface area contributed by atoms with Crippen molar-refractivity contribution in [2.24, 2.45) is 5.92 Å². The molecule has 2 amide bonds. The average Bonchev–Trinajstić information content (AvgIpc) is 3.38. The van der Waals surface area contributed by atoms with Crippen LogP contribution in [-0.4, -0.2) is 48.4 Å². The zero-order valence-corrected chi connectivity index (χ0v) is 16.0. The number of urea groups is 1. The highest BCUT2D eigenvalue weighted by atomic mass is 35.5. The second kappa shape index (κ2) is 8.19. The maximum atomic E-state index is 12.6. The van der Waals surface area contributed by atoms with Crippen molar-refractivity contribution in [1.82, 2.24) is 15.5 Å². The highest BCUT2D eigenvalue weighted by Crippen LogP contribution is 2.44. The van der Waals surface area contributed by atoms with Gasteiger partial charge in [-0.2, -0.15) is 5.26 Å². The molecule has 1 saturated carbocycles. The number of rotatable bonds is 3. The van der Waals surface area contributed by atoms with E-state index >= 15 is 0 Å². The van der Waals surface area contributed by atoms with Crippen molar-refractivity contribution < 1.29 is 9.59 Å². The van der Waals surface area contributed by atoms with Gasteiger partial charge >= 0.3 is 6.03 Å².